The smallest absolute Gasteiger partial charge is 0.364 e. The minimum Gasteiger partial charge on any atom is -0.477 e. The summed E-state index contributed by atoms with van der Waals surface area (Å²) in [6.07, 6.45) is -6.21. The van der Waals surface area contributed by atoms with Crippen molar-refractivity contribution in [3.05, 3.63) is 0 Å². The van der Waals surface area contributed by atoms with Crippen molar-refractivity contribution in [2.24, 2.45) is 0 Å². The number of rotatable bonds is 4. The summed E-state index contributed by atoms with van der Waals surface area (Å²) in [5.41, 5.74) is 0. The van der Waals surface area contributed by atoms with E-state index < -0.39 is 42.8 Å². The third-order valence-electron chi connectivity index (χ3n) is 2.48. The molecule has 4 N–H and O–H groups in total. The molecule has 0 aromatic heterocycles. The summed E-state index contributed by atoms with van der Waals surface area (Å²) in [5.74, 6) is -3.48. The average Bonchev–Trinajstić information content (AvgIpc) is 2.30. The maximum atomic E-state index is 10.8. The van der Waals surface area contributed by atoms with Gasteiger partial charge in [0.25, 0.3) is 5.79 Å². The van der Waals surface area contributed by atoms with Crippen LogP contribution in [0.5, 0.6) is 0 Å². The molecule has 0 aliphatic carbocycles. The zero-order valence-electron chi connectivity index (χ0n) is 9.02. The lowest BCUT2D eigenvalue weighted by molar-refractivity contribution is -0.320. The maximum absolute atomic E-state index is 10.8. The topological polar surface area (TPSA) is 134 Å². The highest BCUT2D eigenvalue weighted by molar-refractivity contribution is 5.75. The summed E-state index contributed by atoms with van der Waals surface area (Å²) in [6, 6.07) is 0. The van der Waals surface area contributed by atoms with Gasteiger partial charge in [0.1, 0.15) is 24.4 Å². The number of ether oxygens (including phenoxy) is 2. The van der Waals surface area contributed by atoms with Crippen molar-refractivity contribution in [2.45, 2.75) is 37.1 Å². The lowest BCUT2D eigenvalue weighted by Crippen LogP contribution is -2.59. The van der Waals surface area contributed by atoms with Gasteiger partial charge < -0.3 is 34.7 Å². The number of carboxylic acid groups (broad SMARTS) is 1. The first kappa shape index (κ1) is 14.0. The number of aliphatic hydroxyl groups is 3. The zero-order valence-corrected chi connectivity index (χ0v) is 9.02. The third-order valence-corrected chi connectivity index (χ3v) is 2.48. The van der Waals surface area contributed by atoms with Gasteiger partial charge in [0, 0.05) is 6.92 Å². The summed E-state index contributed by atoms with van der Waals surface area (Å²) in [7, 11) is 0. The molecule has 0 spiro atoms. The third kappa shape index (κ3) is 2.79. The molecule has 1 aliphatic rings. The first-order valence-corrected chi connectivity index (χ1v) is 4.86. The normalized spacial score (nSPS) is 37.2. The van der Waals surface area contributed by atoms with Gasteiger partial charge in [-0.1, -0.05) is 0 Å². The molecular weight excluding hydrogens is 236 g/mol. The SMILES string of the molecule is CC1(C(=O)O)OC[C@@H](O)[C@H]([C@H](O)[C@@H](O)C=O)O1. The van der Waals surface area contributed by atoms with Crippen LogP contribution in [-0.4, -0.2) is 69.5 Å². The highest BCUT2D eigenvalue weighted by Gasteiger charge is 2.48. The number of aliphatic carboxylic acids is 1. The van der Waals surface area contributed by atoms with Crippen molar-refractivity contribution in [2.75, 3.05) is 6.61 Å². The number of carbonyl (C=O) groups is 2. The molecule has 1 saturated heterocycles. The van der Waals surface area contributed by atoms with Gasteiger partial charge in [-0.2, -0.15) is 0 Å². The molecule has 0 saturated carbocycles. The predicted octanol–water partition coefficient (Wildman–Crippen LogP) is -2.52. The van der Waals surface area contributed by atoms with Crippen LogP contribution in [0.2, 0.25) is 0 Å². The van der Waals surface area contributed by atoms with Crippen molar-refractivity contribution in [1.29, 1.82) is 0 Å². The van der Waals surface area contributed by atoms with Crippen LogP contribution in [0.4, 0.5) is 0 Å². The van der Waals surface area contributed by atoms with Crippen molar-refractivity contribution in [3.63, 3.8) is 0 Å². The second-order valence-electron chi connectivity index (χ2n) is 3.83. The van der Waals surface area contributed by atoms with Gasteiger partial charge in [-0.05, 0) is 0 Å². The van der Waals surface area contributed by atoms with E-state index in [0.717, 1.165) is 6.92 Å². The average molecular weight is 250 g/mol. The Morgan fingerprint density at radius 3 is 2.59 bits per heavy atom. The highest BCUT2D eigenvalue weighted by atomic mass is 16.7. The fraction of sp³-hybridized carbons (Fsp3) is 0.778. The minimum atomic E-state index is -2.03. The first-order valence-electron chi connectivity index (χ1n) is 4.86. The van der Waals surface area contributed by atoms with Gasteiger partial charge in [-0.25, -0.2) is 4.79 Å². The molecule has 5 atom stereocenters. The van der Waals surface area contributed by atoms with Gasteiger partial charge in [-0.3, -0.25) is 0 Å². The number of carbonyl (C=O) groups excluding carboxylic acids is 1. The van der Waals surface area contributed by atoms with E-state index in [1.807, 2.05) is 0 Å². The van der Waals surface area contributed by atoms with Crippen LogP contribution in [0.15, 0.2) is 0 Å². The predicted molar refractivity (Wildman–Crippen MR) is 51.0 cm³/mol. The summed E-state index contributed by atoms with van der Waals surface area (Å²) in [6.45, 7) is 0.699. The molecule has 17 heavy (non-hydrogen) atoms. The van der Waals surface area contributed by atoms with E-state index in [0.29, 0.717) is 0 Å². The van der Waals surface area contributed by atoms with Crippen molar-refractivity contribution >= 4 is 12.3 Å². The standard InChI is InChI=1S/C9H14O8/c1-9(8(14)15)16-3-5(12)7(17-9)6(13)4(11)2-10/h2,4-7,11-13H,3H2,1H3,(H,14,15)/t4-,5+,6+,7+,9?/m0/s1. The molecule has 0 aromatic carbocycles. The quantitative estimate of drug-likeness (QED) is 0.402. The van der Waals surface area contributed by atoms with Gasteiger partial charge in [0.15, 0.2) is 6.29 Å². The molecule has 98 valence electrons. The van der Waals surface area contributed by atoms with Gasteiger partial charge in [0.05, 0.1) is 6.61 Å². The minimum absolute atomic E-state index is 0.0638. The van der Waals surface area contributed by atoms with E-state index in [1.54, 1.807) is 0 Å². The Hall–Kier alpha value is -1.06. The van der Waals surface area contributed by atoms with Gasteiger partial charge in [0.2, 0.25) is 0 Å². The number of hydrogen-bond donors (Lipinski definition) is 4. The molecular formula is C9H14O8. The van der Waals surface area contributed by atoms with Crippen molar-refractivity contribution < 1.29 is 39.5 Å². The first-order chi connectivity index (χ1) is 7.81. The number of aldehydes is 1. The molecule has 1 rings (SSSR count). The van der Waals surface area contributed by atoms with Crippen LogP contribution in [0.1, 0.15) is 6.92 Å². The van der Waals surface area contributed by atoms with Crippen LogP contribution < -0.4 is 0 Å². The Morgan fingerprint density at radius 2 is 2.12 bits per heavy atom. The summed E-state index contributed by atoms with van der Waals surface area (Å²) in [4.78, 5) is 21.1. The Kier molecular flexibility index (Phi) is 4.17. The molecule has 1 heterocycles. The Morgan fingerprint density at radius 1 is 1.53 bits per heavy atom. The molecule has 0 bridgehead atoms. The molecule has 1 unspecified atom stereocenters. The van der Waals surface area contributed by atoms with Crippen LogP contribution in [0.25, 0.3) is 0 Å². The van der Waals surface area contributed by atoms with Crippen LogP contribution in [0, 0.1) is 0 Å². The zero-order chi connectivity index (χ0) is 13.2. The number of hydrogen-bond acceptors (Lipinski definition) is 7. The van der Waals surface area contributed by atoms with E-state index >= 15 is 0 Å². The van der Waals surface area contributed by atoms with Gasteiger partial charge in [-0.15, -0.1) is 0 Å². The van der Waals surface area contributed by atoms with Gasteiger partial charge >= 0.3 is 5.97 Å². The monoisotopic (exact) mass is 250 g/mol. The van der Waals surface area contributed by atoms with Crippen molar-refractivity contribution in [3.8, 4) is 0 Å². The maximum Gasteiger partial charge on any atom is 0.364 e. The lowest BCUT2D eigenvalue weighted by atomic mass is 10.0. The molecule has 8 heteroatoms. The Bertz CT molecular complexity index is 305. The second-order valence-corrected chi connectivity index (χ2v) is 3.83. The van der Waals surface area contributed by atoms with E-state index in [4.69, 9.17) is 19.7 Å². The molecule has 0 amide bonds. The van der Waals surface area contributed by atoms with Crippen molar-refractivity contribution in [1.82, 2.24) is 0 Å². The van der Waals surface area contributed by atoms with E-state index in [-0.39, 0.29) is 6.29 Å². The molecule has 1 fully saturated rings. The fourth-order valence-electron chi connectivity index (χ4n) is 1.40. The number of carboxylic acids is 1. The van der Waals surface area contributed by atoms with Crippen LogP contribution in [-0.2, 0) is 19.1 Å². The Labute approximate surface area is 96.4 Å². The molecule has 0 aromatic rings. The largest absolute Gasteiger partial charge is 0.477 e. The summed E-state index contributed by atoms with van der Waals surface area (Å²) < 4.78 is 9.67. The molecule has 8 nitrogen and oxygen atoms in total. The summed E-state index contributed by atoms with van der Waals surface area (Å²) >= 11 is 0. The van der Waals surface area contributed by atoms with E-state index in [9.17, 15) is 19.8 Å². The van der Waals surface area contributed by atoms with E-state index in [2.05, 4.69) is 0 Å². The van der Waals surface area contributed by atoms with E-state index in [1.165, 1.54) is 0 Å². The fourth-order valence-corrected chi connectivity index (χ4v) is 1.40. The second kappa shape index (κ2) is 5.07. The molecule has 0 radical (unpaired) electrons. The summed E-state index contributed by atoms with van der Waals surface area (Å²) in [5, 5.41) is 36.9. The Balaban J connectivity index is 2.83. The lowest BCUT2D eigenvalue weighted by Gasteiger charge is -2.40. The number of aliphatic hydroxyl groups excluding tert-OH is 3. The highest BCUT2D eigenvalue weighted by Crippen LogP contribution is 2.26. The van der Waals surface area contributed by atoms with Crippen LogP contribution >= 0.6 is 0 Å². The van der Waals surface area contributed by atoms with Crippen LogP contribution in [0.3, 0.4) is 0 Å². The molecule has 1 aliphatic heterocycles.